The average molecular weight is 377 g/mol. The zero-order valence-corrected chi connectivity index (χ0v) is 14.7. The minimum Gasteiger partial charge on any atom is -0.477 e. The van der Waals surface area contributed by atoms with E-state index < -0.39 is 29.9 Å². The van der Waals surface area contributed by atoms with Gasteiger partial charge in [0.05, 0.1) is 13.0 Å². The lowest BCUT2D eigenvalue weighted by molar-refractivity contribution is -0.150. The third-order valence-electron chi connectivity index (χ3n) is 4.45. The fraction of sp³-hybridized carbons (Fsp3) is 0.353. The Kier molecular flexibility index (Phi) is 5.30. The van der Waals surface area contributed by atoms with Crippen LogP contribution in [0.15, 0.2) is 35.5 Å². The van der Waals surface area contributed by atoms with Gasteiger partial charge in [0.2, 0.25) is 5.91 Å². The number of aliphatic hydroxyl groups is 1. The second kappa shape index (κ2) is 7.48. The molecule has 1 aromatic carbocycles. The zero-order valence-electron chi connectivity index (χ0n) is 13.8. The molecule has 1 saturated heterocycles. The summed E-state index contributed by atoms with van der Waals surface area (Å²) in [7, 11) is 0. The van der Waals surface area contributed by atoms with Crippen molar-refractivity contribution in [2.24, 2.45) is 5.73 Å². The second-order valence-corrected chi connectivity index (χ2v) is 7.13. The van der Waals surface area contributed by atoms with Gasteiger partial charge in [-0.05, 0) is 16.7 Å². The molecule has 1 fully saturated rings. The molecule has 0 radical (unpaired) electrons. The molecular weight excluding hydrogens is 358 g/mol. The van der Waals surface area contributed by atoms with Crippen LogP contribution in [0.2, 0.25) is 0 Å². The van der Waals surface area contributed by atoms with Crippen LogP contribution in [0.25, 0.3) is 0 Å². The number of nitrogens with two attached hydrogens (primary N) is 1. The molecule has 8 nitrogen and oxygen atoms in total. The van der Waals surface area contributed by atoms with Gasteiger partial charge in [-0.15, -0.1) is 11.8 Å². The number of β-lactam (4-membered cyclic amide) rings is 1. The van der Waals surface area contributed by atoms with Crippen LogP contribution in [-0.4, -0.2) is 56.7 Å². The van der Waals surface area contributed by atoms with Gasteiger partial charge in [0.25, 0.3) is 5.91 Å². The molecule has 2 aliphatic heterocycles. The lowest BCUT2D eigenvalue weighted by Gasteiger charge is -2.49. The highest BCUT2D eigenvalue weighted by Gasteiger charge is 2.54. The lowest BCUT2D eigenvalue weighted by Crippen LogP contribution is -2.70. The number of thioether (sulfide) groups is 1. The molecule has 0 aromatic heterocycles. The van der Waals surface area contributed by atoms with Crippen molar-refractivity contribution in [1.29, 1.82) is 0 Å². The largest absolute Gasteiger partial charge is 0.477 e. The van der Waals surface area contributed by atoms with E-state index in [0.29, 0.717) is 17.9 Å². The Labute approximate surface area is 154 Å². The van der Waals surface area contributed by atoms with E-state index in [-0.39, 0.29) is 18.0 Å². The van der Waals surface area contributed by atoms with Gasteiger partial charge in [-0.1, -0.05) is 24.3 Å². The number of carboxylic acids is 1. The first kappa shape index (κ1) is 18.4. The number of amides is 2. The van der Waals surface area contributed by atoms with Crippen LogP contribution in [0, 0.1) is 0 Å². The number of aliphatic carboxylic acids is 1. The van der Waals surface area contributed by atoms with Crippen molar-refractivity contribution in [3.05, 3.63) is 46.7 Å². The molecule has 138 valence electrons. The normalized spacial score (nSPS) is 21.9. The zero-order chi connectivity index (χ0) is 18.8. The molecule has 0 aliphatic carbocycles. The molecule has 2 atom stereocenters. The lowest BCUT2D eigenvalue weighted by atomic mass is 10.0. The van der Waals surface area contributed by atoms with Gasteiger partial charge in [-0.2, -0.15) is 0 Å². The Balaban J connectivity index is 1.70. The number of aliphatic hydroxyl groups excluding tert-OH is 1. The van der Waals surface area contributed by atoms with Crippen LogP contribution in [0.1, 0.15) is 11.1 Å². The van der Waals surface area contributed by atoms with Gasteiger partial charge in [0.15, 0.2) is 0 Å². The Hall–Kier alpha value is -2.36. The summed E-state index contributed by atoms with van der Waals surface area (Å²) < 4.78 is 0. The van der Waals surface area contributed by atoms with Crippen molar-refractivity contribution < 1.29 is 24.6 Å². The van der Waals surface area contributed by atoms with Gasteiger partial charge in [0.1, 0.15) is 17.1 Å². The standard InChI is InChI=1S/C17H19N3O5S/c18-6-10-4-2-1-3-9(10)5-12(22)19-13-15(23)20-14(17(24)25)11(7-21)8-26-16(13)20/h1-4,13,16,21H,5-8,18H2,(H,19,22)(H,24,25)/t13-,16-/m1/s1. The average Bonchev–Trinajstić information content (AvgIpc) is 2.65. The maximum absolute atomic E-state index is 12.4. The van der Waals surface area contributed by atoms with Crippen molar-refractivity contribution in [2.75, 3.05) is 12.4 Å². The first-order valence-electron chi connectivity index (χ1n) is 8.05. The highest BCUT2D eigenvalue weighted by Crippen LogP contribution is 2.40. The van der Waals surface area contributed by atoms with Gasteiger partial charge < -0.3 is 21.3 Å². The fourth-order valence-electron chi connectivity index (χ4n) is 3.13. The summed E-state index contributed by atoms with van der Waals surface area (Å²) in [6.07, 6.45) is 0.0953. The summed E-state index contributed by atoms with van der Waals surface area (Å²) in [5.41, 5.74) is 7.44. The molecule has 2 aliphatic rings. The molecule has 3 rings (SSSR count). The van der Waals surface area contributed by atoms with E-state index in [0.717, 1.165) is 16.0 Å². The first-order valence-corrected chi connectivity index (χ1v) is 9.09. The number of rotatable bonds is 6. The van der Waals surface area contributed by atoms with Crippen LogP contribution in [0.4, 0.5) is 0 Å². The van der Waals surface area contributed by atoms with Crippen LogP contribution in [0.5, 0.6) is 0 Å². The first-order chi connectivity index (χ1) is 12.5. The topological polar surface area (TPSA) is 133 Å². The third-order valence-corrected chi connectivity index (χ3v) is 5.79. The molecule has 0 bridgehead atoms. The Morgan fingerprint density at radius 3 is 2.62 bits per heavy atom. The van der Waals surface area contributed by atoms with Gasteiger partial charge in [-0.25, -0.2) is 4.79 Å². The summed E-state index contributed by atoms with van der Waals surface area (Å²) in [5.74, 6) is -1.76. The number of nitrogens with one attached hydrogen (secondary N) is 1. The van der Waals surface area contributed by atoms with E-state index >= 15 is 0 Å². The van der Waals surface area contributed by atoms with E-state index in [9.17, 15) is 24.6 Å². The quantitative estimate of drug-likeness (QED) is 0.487. The second-order valence-electron chi connectivity index (χ2n) is 6.02. The fourth-order valence-corrected chi connectivity index (χ4v) is 4.47. The van der Waals surface area contributed by atoms with Crippen molar-refractivity contribution >= 4 is 29.5 Å². The number of carbonyl (C=O) groups excluding carboxylic acids is 2. The minimum atomic E-state index is -1.26. The smallest absolute Gasteiger partial charge is 0.352 e. The van der Waals surface area contributed by atoms with E-state index in [1.54, 1.807) is 0 Å². The van der Waals surface area contributed by atoms with Crippen LogP contribution in [0.3, 0.4) is 0 Å². The molecule has 9 heteroatoms. The SMILES string of the molecule is NCc1ccccc1CC(=O)N[C@@H]1C(=O)N2C(C(=O)O)=C(CO)CS[C@H]12. The molecule has 26 heavy (non-hydrogen) atoms. The number of carbonyl (C=O) groups is 3. The van der Waals surface area contributed by atoms with Gasteiger partial charge >= 0.3 is 5.97 Å². The van der Waals surface area contributed by atoms with Crippen molar-refractivity contribution in [1.82, 2.24) is 10.2 Å². The van der Waals surface area contributed by atoms with E-state index in [1.165, 1.54) is 11.8 Å². The maximum atomic E-state index is 12.4. The molecule has 2 heterocycles. The third kappa shape index (κ3) is 3.20. The summed E-state index contributed by atoms with van der Waals surface area (Å²) >= 11 is 1.32. The summed E-state index contributed by atoms with van der Waals surface area (Å²) in [6.45, 7) is -0.104. The van der Waals surface area contributed by atoms with Gasteiger partial charge in [0, 0.05) is 12.3 Å². The Morgan fingerprint density at radius 2 is 2.00 bits per heavy atom. The number of hydrogen-bond donors (Lipinski definition) is 4. The van der Waals surface area contributed by atoms with Crippen LogP contribution < -0.4 is 11.1 Å². The minimum absolute atomic E-state index is 0.0953. The van der Waals surface area contributed by atoms with Crippen molar-refractivity contribution in [2.45, 2.75) is 24.4 Å². The number of nitrogens with zero attached hydrogens (tertiary/aromatic N) is 1. The monoisotopic (exact) mass is 377 g/mol. The van der Waals surface area contributed by atoms with E-state index in [2.05, 4.69) is 5.32 Å². The molecule has 5 N–H and O–H groups in total. The van der Waals surface area contributed by atoms with E-state index in [1.807, 2.05) is 24.3 Å². The predicted molar refractivity (Wildman–Crippen MR) is 94.8 cm³/mol. The molecule has 2 amide bonds. The highest BCUT2D eigenvalue weighted by atomic mass is 32.2. The van der Waals surface area contributed by atoms with Crippen molar-refractivity contribution in [3.63, 3.8) is 0 Å². The Bertz CT molecular complexity index is 794. The predicted octanol–water partition coefficient (Wildman–Crippen LogP) is -0.581. The van der Waals surface area contributed by atoms with Crippen LogP contribution >= 0.6 is 11.8 Å². The summed E-state index contributed by atoms with van der Waals surface area (Å²) in [5, 5.41) is 20.8. The highest BCUT2D eigenvalue weighted by molar-refractivity contribution is 8.00. The summed E-state index contributed by atoms with van der Waals surface area (Å²) in [4.78, 5) is 37.3. The van der Waals surface area contributed by atoms with Gasteiger partial charge in [-0.3, -0.25) is 14.5 Å². The molecular formula is C17H19N3O5S. The molecule has 1 aromatic rings. The molecule has 0 unspecified atom stereocenters. The number of fused-ring (bicyclic) bond motifs is 1. The summed E-state index contributed by atoms with van der Waals surface area (Å²) in [6, 6.07) is 6.54. The van der Waals surface area contributed by atoms with E-state index in [4.69, 9.17) is 5.73 Å². The number of benzene rings is 1. The van der Waals surface area contributed by atoms with Crippen molar-refractivity contribution in [3.8, 4) is 0 Å². The molecule has 0 saturated carbocycles. The van der Waals surface area contributed by atoms with Crippen LogP contribution in [-0.2, 0) is 27.3 Å². The molecule has 0 spiro atoms. The maximum Gasteiger partial charge on any atom is 0.352 e. The number of hydrogen-bond acceptors (Lipinski definition) is 6. The number of carboxylic acid groups (broad SMARTS) is 1. The Morgan fingerprint density at radius 1 is 1.31 bits per heavy atom.